The molecule has 0 spiro atoms. The zero-order chi connectivity index (χ0) is 29.4. The van der Waals surface area contributed by atoms with Crippen molar-refractivity contribution >= 4 is 45.2 Å². The molecular weight excluding hydrogens is 556 g/mol. The van der Waals surface area contributed by atoms with Gasteiger partial charge in [0.1, 0.15) is 0 Å². The van der Waals surface area contributed by atoms with Crippen LogP contribution in [0.15, 0.2) is 67.0 Å². The third kappa shape index (κ3) is 4.85. The van der Waals surface area contributed by atoms with E-state index in [9.17, 15) is 19.8 Å². The summed E-state index contributed by atoms with van der Waals surface area (Å²) in [6, 6.07) is 16.3. The molecule has 0 bridgehead atoms. The highest BCUT2D eigenvalue weighted by Gasteiger charge is 2.35. The molecule has 0 saturated carbocycles. The molecule has 42 heavy (non-hydrogen) atoms. The van der Waals surface area contributed by atoms with Crippen LogP contribution in [0.2, 0.25) is 5.02 Å². The van der Waals surface area contributed by atoms with Gasteiger partial charge in [-0.05, 0) is 55.3 Å². The molecule has 5 aromatic rings. The second kappa shape index (κ2) is 11.4. The highest BCUT2D eigenvalue weighted by molar-refractivity contribution is 6.36. The molecule has 3 aromatic carbocycles. The van der Waals surface area contributed by atoms with Crippen molar-refractivity contribution in [1.82, 2.24) is 20.2 Å². The van der Waals surface area contributed by atoms with Crippen molar-refractivity contribution in [3.8, 4) is 22.6 Å². The van der Waals surface area contributed by atoms with Crippen LogP contribution in [0, 0.1) is 0 Å². The van der Waals surface area contributed by atoms with Crippen molar-refractivity contribution in [2.75, 3.05) is 19.8 Å². The van der Waals surface area contributed by atoms with Crippen LogP contribution >= 0.6 is 11.6 Å². The van der Waals surface area contributed by atoms with Gasteiger partial charge in [0, 0.05) is 52.4 Å². The quantitative estimate of drug-likeness (QED) is 0.131. The summed E-state index contributed by atoms with van der Waals surface area (Å²) in [4.78, 5) is 30.3. The van der Waals surface area contributed by atoms with Gasteiger partial charge in [-0.15, -0.1) is 0 Å². The first kappa shape index (κ1) is 27.7. The summed E-state index contributed by atoms with van der Waals surface area (Å²) in [7, 11) is 0. The first-order valence-electron chi connectivity index (χ1n) is 13.7. The van der Waals surface area contributed by atoms with Crippen molar-refractivity contribution in [1.29, 1.82) is 0 Å². The number of halogens is 1. The zero-order valence-corrected chi connectivity index (χ0v) is 23.6. The Bertz CT molecular complexity index is 1840. The van der Waals surface area contributed by atoms with Gasteiger partial charge < -0.3 is 24.8 Å². The number of amides is 2. The van der Waals surface area contributed by atoms with Crippen LogP contribution in [0.3, 0.4) is 0 Å². The van der Waals surface area contributed by atoms with E-state index in [4.69, 9.17) is 16.3 Å². The predicted octanol–water partition coefficient (Wildman–Crippen LogP) is 5.21. The maximum Gasteiger partial charge on any atom is 0.259 e. The minimum Gasteiger partial charge on any atom is -0.504 e. The lowest BCUT2D eigenvalue weighted by molar-refractivity contribution is 0.0880. The first-order valence-corrected chi connectivity index (χ1v) is 14.1. The van der Waals surface area contributed by atoms with Gasteiger partial charge in [0.25, 0.3) is 11.8 Å². The lowest BCUT2D eigenvalue weighted by Crippen LogP contribution is -2.21. The van der Waals surface area contributed by atoms with Crippen molar-refractivity contribution in [3.63, 3.8) is 0 Å². The largest absolute Gasteiger partial charge is 0.504 e. The molecule has 3 heterocycles. The summed E-state index contributed by atoms with van der Waals surface area (Å²) in [5, 5.41) is 28.3. The fourth-order valence-corrected chi connectivity index (χ4v) is 5.87. The Kier molecular flexibility index (Phi) is 7.55. The van der Waals surface area contributed by atoms with E-state index in [1.807, 2.05) is 35.0 Å². The van der Waals surface area contributed by atoms with Crippen molar-refractivity contribution in [2.45, 2.75) is 25.9 Å². The van der Waals surface area contributed by atoms with E-state index >= 15 is 0 Å². The summed E-state index contributed by atoms with van der Waals surface area (Å²) < 4.78 is 7.84. The molecule has 1 aliphatic heterocycles. The Morgan fingerprint density at radius 3 is 2.62 bits per heavy atom. The van der Waals surface area contributed by atoms with Gasteiger partial charge in [-0.1, -0.05) is 35.9 Å². The number of aliphatic hydroxyl groups is 1. The van der Waals surface area contributed by atoms with Gasteiger partial charge in [0.2, 0.25) is 0 Å². The molecule has 0 radical (unpaired) electrons. The Morgan fingerprint density at radius 2 is 1.86 bits per heavy atom. The van der Waals surface area contributed by atoms with E-state index in [2.05, 4.69) is 22.5 Å². The molecule has 0 aliphatic carbocycles. The topological polar surface area (TPSA) is 126 Å². The van der Waals surface area contributed by atoms with Gasteiger partial charge in [0.15, 0.2) is 11.5 Å². The van der Waals surface area contributed by atoms with Gasteiger partial charge in [-0.3, -0.25) is 19.9 Å². The molecule has 10 heteroatoms. The van der Waals surface area contributed by atoms with Crippen molar-refractivity contribution in [3.05, 3.63) is 88.7 Å². The number of phenolic OH excluding ortho intramolecular Hbond substituents is 1. The van der Waals surface area contributed by atoms with Gasteiger partial charge in [-0.25, -0.2) is 0 Å². The number of pyridine rings is 1. The summed E-state index contributed by atoms with van der Waals surface area (Å²) in [5.41, 5.74) is 3.96. The number of carbonyl (C=O) groups is 2. The highest BCUT2D eigenvalue weighted by Crippen LogP contribution is 2.44. The lowest BCUT2D eigenvalue weighted by Gasteiger charge is -2.14. The van der Waals surface area contributed by atoms with Crippen LogP contribution < -0.4 is 15.4 Å². The fraction of sp³-hybridized carbons (Fsp3) is 0.219. The number of hydrogen-bond acceptors (Lipinski definition) is 7. The van der Waals surface area contributed by atoms with Crippen LogP contribution in [0.5, 0.6) is 11.5 Å². The number of phenols is 1. The summed E-state index contributed by atoms with van der Waals surface area (Å²) in [5.74, 6) is -0.834. The first-order chi connectivity index (χ1) is 20.4. The minimum absolute atomic E-state index is 0.0871. The summed E-state index contributed by atoms with van der Waals surface area (Å²) >= 11 is 6.52. The fourth-order valence-electron chi connectivity index (χ4n) is 5.63. The molecule has 214 valence electrons. The van der Waals surface area contributed by atoms with E-state index in [1.54, 1.807) is 36.5 Å². The van der Waals surface area contributed by atoms with E-state index < -0.39 is 11.8 Å². The number of rotatable bonds is 10. The van der Waals surface area contributed by atoms with E-state index in [-0.39, 0.29) is 41.8 Å². The number of carbonyl (C=O) groups excluding carboxylic acids is 2. The van der Waals surface area contributed by atoms with E-state index in [0.29, 0.717) is 57.5 Å². The maximum atomic E-state index is 13.1. The lowest BCUT2D eigenvalue weighted by atomic mass is 9.93. The van der Waals surface area contributed by atoms with Gasteiger partial charge >= 0.3 is 0 Å². The standard InChI is InChI=1S/C32H29ClN4O5/c1-18(19-6-4-9-34-17-19)35-10-5-13-42-27-16-24-22(15-26(27)39)28-25(37(24)11-12-38)14-21(20-7-2-3-8-23(20)33)29-30(28)32(41)36-31(29)40/h2-4,6-9,14-18,35,38-39H,5,10-13H2,1H3,(H,36,40,41). The highest BCUT2D eigenvalue weighted by atomic mass is 35.5. The van der Waals surface area contributed by atoms with E-state index in [1.165, 1.54) is 0 Å². The number of hydrogen-bond donors (Lipinski definition) is 4. The van der Waals surface area contributed by atoms with Crippen LogP contribution in [-0.2, 0) is 6.54 Å². The molecule has 9 nitrogen and oxygen atoms in total. The molecule has 4 N–H and O–H groups in total. The number of fused-ring (bicyclic) bond motifs is 5. The number of imide groups is 1. The Labute approximate surface area is 246 Å². The van der Waals surface area contributed by atoms with Crippen LogP contribution in [0.4, 0.5) is 0 Å². The third-order valence-corrected chi connectivity index (χ3v) is 7.95. The molecule has 1 unspecified atom stereocenters. The molecule has 0 fully saturated rings. The summed E-state index contributed by atoms with van der Waals surface area (Å²) in [6.07, 6.45) is 4.27. The Hall–Kier alpha value is -4.44. The van der Waals surface area contributed by atoms with Gasteiger partial charge in [-0.2, -0.15) is 0 Å². The number of benzene rings is 3. The number of aromatic hydroxyl groups is 1. The second-order valence-corrected chi connectivity index (χ2v) is 10.6. The molecule has 6 rings (SSSR count). The minimum atomic E-state index is -0.523. The van der Waals surface area contributed by atoms with Crippen molar-refractivity contribution in [2.24, 2.45) is 0 Å². The molecule has 0 saturated heterocycles. The summed E-state index contributed by atoms with van der Waals surface area (Å²) in [6.45, 7) is 3.18. The number of aromatic nitrogens is 2. The Balaban J connectivity index is 1.37. The third-order valence-electron chi connectivity index (χ3n) is 7.62. The Morgan fingerprint density at radius 1 is 1.05 bits per heavy atom. The number of ether oxygens (including phenoxy) is 1. The molecule has 2 amide bonds. The van der Waals surface area contributed by atoms with Crippen LogP contribution in [0.25, 0.3) is 32.9 Å². The second-order valence-electron chi connectivity index (χ2n) is 10.2. The average Bonchev–Trinajstić information content (AvgIpc) is 3.45. The molecule has 1 aliphatic rings. The van der Waals surface area contributed by atoms with Gasteiger partial charge in [0.05, 0.1) is 35.4 Å². The SMILES string of the molecule is CC(NCCCOc1cc2c(cc1O)c1c3c(c(-c4ccccc4Cl)cc1n2CCO)C(=O)NC3=O)c1cccnc1. The number of aliphatic hydroxyl groups excluding tert-OH is 1. The van der Waals surface area contributed by atoms with E-state index in [0.717, 1.165) is 5.56 Å². The smallest absolute Gasteiger partial charge is 0.259 e. The maximum absolute atomic E-state index is 13.1. The normalized spacial score (nSPS) is 13.5. The monoisotopic (exact) mass is 584 g/mol. The molecule has 1 atom stereocenters. The van der Waals surface area contributed by atoms with Crippen LogP contribution in [-0.4, -0.2) is 51.3 Å². The number of nitrogens with one attached hydrogen (secondary N) is 2. The average molecular weight is 585 g/mol. The molecular formula is C32H29ClN4O5. The predicted molar refractivity (Wildman–Crippen MR) is 161 cm³/mol. The van der Waals surface area contributed by atoms with Crippen LogP contribution in [0.1, 0.15) is 45.7 Å². The van der Waals surface area contributed by atoms with Crippen molar-refractivity contribution < 1.29 is 24.5 Å². The molecule has 2 aromatic heterocycles. The zero-order valence-electron chi connectivity index (χ0n) is 22.9. The number of nitrogens with zero attached hydrogens (tertiary/aromatic N) is 2.